The summed E-state index contributed by atoms with van der Waals surface area (Å²) < 4.78 is 42.7. The quantitative estimate of drug-likeness (QED) is 0.0150. The van der Waals surface area contributed by atoms with Gasteiger partial charge in [-0.3, -0.25) is 58.3 Å². The van der Waals surface area contributed by atoms with Crippen LogP contribution in [0.25, 0.3) is 0 Å². The van der Waals surface area contributed by atoms with Crippen LogP contribution in [0.2, 0.25) is 0 Å². The minimum absolute atomic E-state index is 0.0116. The van der Waals surface area contributed by atoms with Gasteiger partial charge >= 0.3 is 48.1 Å². The molecule has 0 aromatic rings. The third-order valence-corrected chi connectivity index (χ3v) is 19.1. The van der Waals surface area contributed by atoms with Gasteiger partial charge in [0.05, 0.1) is 35.9 Å². The van der Waals surface area contributed by atoms with E-state index in [9.17, 15) is 47.9 Å². The molecule has 0 aliphatic carbocycles. The fourth-order valence-corrected chi connectivity index (χ4v) is 8.84. The largest absolute Gasteiger partial charge is 0.463 e. The lowest BCUT2D eigenvalue weighted by molar-refractivity contribution is -0.155. The van der Waals surface area contributed by atoms with Crippen molar-refractivity contribution in [3.05, 3.63) is 0 Å². The van der Waals surface area contributed by atoms with E-state index in [4.69, 9.17) is 58.3 Å². The van der Waals surface area contributed by atoms with Crippen LogP contribution in [0.15, 0.2) is 0 Å². The van der Waals surface area contributed by atoms with Gasteiger partial charge in [-0.1, -0.05) is 102 Å². The Kier molecular flexibility index (Phi) is 55.0. The smallest absolute Gasteiger partial charge is 0.325 e. The van der Waals surface area contributed by atoms with E-state index in [0.29, 0.717) is 136 Å². The lowest BCUT2D eigenvalue weighted by atomic mass is 9.89. The van der Waals surface area contributed by atoms with E-state index in [-0.39, 0.29) is 113 Å². The van der Waals surface area contributed by atoms with Crippen molar-refractivity contribution in [2.75, 3.05) is 199 Å². The molecular formula is C75H146N12O22. The highest BCUT2D eigenvalue weighted by Crippen LogP contribution is 2.25. The molecule has 0 atom stereocenters. The highest BCUT2D eigenvalue weighted by molar-refractivity contribution is 5.83. The average molecular weight is 1570 g/mol. The molecule has 3 saturated heterocycles. The van der Waals surface area contributed by atoms with Crippen LogP contribution in [0.5, 0.6) is 0 Å². The number of nitrogens with one attached hydrogen (secondary N) is 2. The summed E-state index contributed by atoms with van der Waals surface area (Å²) in [7, 11) is 1.56. The Hall–Kier alpha value is -6.66. The molecule has 0 aromatic carbocycles. The lowest BCUT2D eigenvalue weighted by Gasteiger charge is -2.31. The van der Waals surface area contributed by atoms with Gasteiger partial charge in [-0.15, -0.1) is 0 Å². The maximum Gasteiger partial charge on any atom is 0.325 e. The number of methoxy groups -OCH3 is 1. The number of rotatable bonds is 49. The van der Waals surface area contributed by atoms with Crippen LogP contribution < -0.4 is 10.6 Å². The summed E-state index contributed by atoms with van der Waals surface area (Å²) in [5.41, 5.74) is -2.33. The summed E-state index contributed by atoms with van der Waals surface area (Å²) in [5.74, 6) is -0.808. The molecule has 109 heavy (non-hydrogen) atoms. The highest BCUT2D eigenvalue weighted by Gasteiger charge is 2.35. The molecule has 34 heteroatoms. The zero-order chi connectivity index (χ0) is 83.4. The number of esters is 3. The standard InChI is InChI=1S/C24H49N3O5.C14H27N3O3.C13H24N2O4.C12H24N2O6.C12H22N2O4/c1-7-11-16-30-19-26(15-14-25-22(28)24(5,6)10-4)23(29)27(20-31-17-12-8-2)21-32-18-13-9-3;1-5-14(3,4)12(18)15-7-8-16-9-10-17(13(16)19)11-20-6-2;1-5-13(2,3)11(16)19-9-8-14-6-7-15(10-18-4)12(14)17;1-4-12(2,3)10(18)20-6-5-13(7-15)11(19)14(8-16)9-17;1-4-12(2,3)10(16)18-8-7-13-5-6-14(9-15)11(13)17/h7-21H2,1-6H3,(H,25,28);5-11H2,1-4H3,(H,15,18);5-10H2,1-4H3;15-17H,4-9H2,1-3H3;15H,4-9H2,1-3H3. The summed E-state index contributed by atoms with van der Waals surface area (Å²) in [6.07, 6.45) is 9.54. The predicted octanol–water partition coefficient (Wildman–Crippen LogP) is 7.36. The van der Waals surface area contributed by atoms with E-state index in [1.165, 1.54) is 4.90 Å². The Bertz CT molecular complexity index is 2570. The second kappa shape index (κ2) is 57.4. The van der Waals surface area contributed by atoms with E-state index in [1.54, 1.807) is 55.3 Å². The third kappa shape index (κ3) is 40.9. The molecule has 0 unspecified atom stereocenters. The number of ether oxygens (including phenoxy) is 8. The van der Waals surface area contributed by atoms with Crippen molar-refractivity contribution in [1.29, 1.82) is 0 Å². The van der Waals surface area contributed by atoms with Crippen molar-refractivity contribution in [2.45, 2.75) is 202 Å². The van der Waals surface area contributed by atoms with Crippen LogP contribution in [0.4, 0.5) is 24.0 Å². The maximum atomic E-state index is 13.3. The fourth-order valence-electron chi connectivity index (χ4n) is 8.84. The van der Waals surface area contributed by atoms with Crippen LogP contribution in [0.1, 0.15) is 202 Å². The van der Waals surface area contributed by atoms with Crippen molar-refractivity contribution in [1.82, 2.24) is 59.6 Å². The van der Waals surface area contributed by atoms with Crippen LogP contribution in [0.3, 0.4) is 0 Å². The van der Waals surface area contributed by atoms with Crippen molar-refractivity contribution in [3.63, 3.8) is 0 Å². The van der Waals surface area contributed by atoms with Gasteiger partial charge in [-0.2, -0.15) is 0 Å². The fraction of sp³-hybridized carbons (Fsp3) is 0.867. The molecule has 0 saturated carbocycles. The van der Waals surface area contributed by atoms with Gasteiger partial charge in [0.1, 0.15) is 80.4 Å². The molecule has 0 bridgehead atoms. The average Bonchev–Trinajstić information content (AvgIpc) is 1.74. The number of amides is 12. The Balaban J connectivity index is 0. The molecule has 0 aromatic heterocycles. The number of aliphatic hydroxyl groups excluding tert-OH is 4. The zero-order valence-corrected chi connectivity index (χ0v) is 70.4. The summed E-state index contributed by atoms with van der Waals surface area (Å²) in [6.45, 7) is 44.6. The van der Waals surface area contributed by atoms with E-state index in [2.05, 4.69) is 31.4 Å². The van der Waals surface area contributed by atoms with Crippen LogP contribution in [-0.4, -0.2) is 328 Å². The van der Waals surface area contributed by atoms with Crippen LogP contribution in [-0.2, 0) is 61.9 Å². The highest BCUT2D eigenvalue weighted by atomic mass is 16.6. The van der Waals surface area contributed by atoms with E-state index < -0.39 is 47.9 Å². The van der Waals surface area contributed by atoms with Gasteiger partial charge in [0, 0.05) is 110 Å². The molecule has 12 amide bonds. The number of urea groups is 5. The summed E-state index contributed by atoms with van der Waals surface area (Å²) in [4.78, 5) is 134. The minimum atomic E-state index is -0.747. The van der Waals surface area contributed by atoms with Crippen LogP contribution in [0, 0.1) is 27.1 Å². The first-order valence-corrected chi connectivity index (χ1v) is 38.9. The second-order valence-corrected chi connectivity index (χ2v) is 29.7. The first-order chi connectivity index (χ1) is 51.4. The topological polar surface area (TPSA) is 382 Å². The van der Waals surface area contributed by atoms with Gasteiger partial charge in [0.15, 0.2) is 0 Å². The Labute approximate surface area is 651 Å². The lowest BCUT2D eigenvalue weighted by Crippen LogP contribution is -2.49. The Morgan fingerprint density at radius 3 is 1.08 bits per heavy atom. The van der Waals surface area contributed by atoms with Gasteiger partial charge in [0.25, 0.3) is 0 Å². The Morgan fingerprint density at radius 2 is 0.725 bits per heavy atom. The number of nitrogens with zero attached hydrogens (tertiary/aromatic N) is 10. The van der Waals surface area contributed by atoms with E-state index >= 15 is 0 Å². The molecule has 6 N–H and O–H groups in total. The molecule has 0 spiro atoms. The first kappa shape index (κ1) is 104. The molecular weight excluding hydrogens is 1420 g/mol. The number of carbonyl (C=O) groups is 10. The first-order valence-electron chi connectivity index (χ1n) is 38.9. The maximum absolute atomic E-state index is 13.3. The minimum Gasteiger partial charge on any atom is -0.463 e. The molecule has 3 fully saturated rings. The number of unbranched alkanes of at least 4 members (excludes halogenated alkanes) is 3. The normalized spacial score (nSPS) is 13.8. The second-order valence-electron chi connectivity index (χ2n) is 29.7. The van der Waals surface area contributed by atoms with E-state index in [0.717, 1.165) is 62.7 Å². The molecule has 3 aliphatic heterocycles. The Morgan fingerprint density at radius 1 is 0.385 bits per heavy atom. The van der Waals surface area contributed by atoms with Gasteiger partial charge in [-0.25, -0.2) is 24.0 Å². The summed E-state index contributed by atoms with van der Waals surface area (Å²) in [6, 6.07) is -1.24. The monoisotopic (exact) mass is 1570 g/mol. The SMILES string of the molecule is CCC(C)(C)C(=O)OCCN(CO)C(=O)N(CO)CO.CCC(C)(C)C(=O)OCCN1CCN(CO)C1=O.CCC(C)(C)C(=O)OCCN1CCN(COC)C1=O.CCCCOCN(CCNC(=O)C(C)(C)CC)C(=O)N(COCCCC)COCCCC.CCOCN1CCN(CCNC(=O)C(C)(C)CC)C1=O. The molecule has 638 valence electrons. The van der Waals surface area contributed by atoms with Crippen LogP contribution >= 0.6 is 0 Å². The number of hydrogen-bond donors (Lipinski definition) is 6. The van der Waals surface area contributed by atoms with Crippen molar-refractivity contribution in [3.8, 4) is 0 Å². The molecule has 0 radical (unpaired) electrons. The zero-order valence-electron chi connectivity index (χ0n) is 70.4. The van der Waals surface area contributed by atoms with Crippen molar-refractivity contribution < 1.29 is 106 Å². The van der Waals surface area contributed by atoms with E-state index in [1.807, 2.05) is 96.9 Å². The third-order valence-electron chi connectivity index (χ3n) is 19.1. The summed E-state index contributed by atoms with van der Waals surface area (Å²) >= 11 is 0. The summed E-state index contributed by atoms with van der Waals surface area (Å²) in [5, 5.41) is 41.5. The van der Waals surface area contributed by atoms with Gasteiger partial charge < -0.3 is 83.7 Å². The number of aliphatic hydroxyl groups is 4. The van der Waals surface area contributed by atoms with Crippen molar-refractivity contribution >= 4 is 59.9 Å². The molecule has 3 aliphatic rings. The number of hydrogen-bond acceptors (Lipinski definition) is 22. The molecule has 3 rings (SSSR count). The molecule has 34 nitrogen and oxygen atoms in total. The van der Waals surface area contributed by atoms with Gasteiger partial charge in [0.2, 0.25) is 11.8 Å². The van der Waals surface area contributed by atoms with Gasteiger partial charge in [-0.05, 0) is 99.8 Å². The molecule has 3 heterocycles. The van der Waals surface area contributed by atoms with Crippen molar-refractivity contribution in [2.24, 2.45) is 27.1 Å². The predicted molar refractivity (Wildman–Crippen MR) is 412 cm³/mol. The number of carbonyl (C=O) groups excluding carboxylic acids is 10.